The van der Waals surface area contributed by atoms with Crippen molar-refractivity contribution in [3.05, 3.63) is 81.0 Å². The van der Waals surface area contributed by atoms with Crippen LogP contribution in [0.3, 0.4) is 0 Å². The molecule has 1 atom stereocenters. The summed E-state index contributed by atoms with van der Waals surface area (Å²) in [5, 5.41) is 12.4. The summed E-state index contributed by atoms with van der Waals surface area (Å²) in [6.45, 7) is 7.70. The van der Waals surface area contributed by atoms with Crippen LogP contribution in [0.1, 0.15) is 47.8 Å². The lowest BCUT2D eigenvalue weighted by Crippen LogP contribution is -2.32. The number of nitrogens with zero attached hydrogens (tertiary/aromatic N) is 1. The number of aromatic nitrogens is 1. The van der Waals surface area contributed by atoms with Crippen molar-refractivity contribution < 1.29 is 19.1 Å². The number of carbonyl (C=O) groups is 2. The molecule has 32 heavy (non-hydrogen) atoms. The Labute approximate surface area is 187 Å². The van der Waals surface area contributed by atoms with Crippen LogP contribution >= 0.6 is 0 Å². The minimum atomic E-state index is -0.708. The smallest absolute Gasteiger partial charge is 0.336 e. The Kier molecular flexibility index (Phi) is 6.84. The van der Waals surface area contributed by atoms with Crippen LogP contribution < -0.4 is 5.32 Å². The van der Waals surface area contributed by atoms with Crippen molar-refractivity contribution in [1.29, 1.82) is 5.26 Å². The zero-order valence-corrected chi connectivity index (χ0v) is 19.0. The lowest BCUT2D eigenvalue weighted by atomic mass is 9.80. The van der Waals surface area contributed by atoms with Crippen LogP contribution in [-0.2, 0) is 25.5 Å². The molecule has 0 fully saturated rings. The van der Waals surface area contributed by atoms with E-state index in [1.54, 1.807) is 38.1 Å². The molecule has 166 valence electrons. The number of benzene rings is 1. The van der Waals surface area contributed by atoms with E-state index in [2.05, 4.69) is 16.4 Å². The van der Waals surface area contributed by atoms with Crippen molar-refractivity contribution >= 4 is 11.9 Å². The predicted octanol–water partition coefficient (Wildman–Crippen LogP) is 3.70. The number of carbonyl (C=O) groups excluding carboxylic acids is 2. The summed E-state index contributed by atoms with van der Waals surface area (Å²) in [7, 11) is 1.30. The van der Waals surface area contributed by atoms with Crippen LogP contribution in [0.2, 0.25) is 0 Å². The molecule has 0 saturated heterocycles. The van der Waals surface area contributed by atoms with Crippen molar-refractivity contribution in [3.63, 3.8) is 0 Å². The summed E-state index contributed by atoms with van der Waals surface area (Å²) in [5.74, 6) is -1.76. The Hall–Kier alpha value is -3.79. The molecule has 0 bridgehead atoms. The molecule has 1 aromatic carbocycles. The molecular formula is C25H27N3O4. The van der Waals surface area contributed by atoms with Gasteiger partial charge in [-0.05, 0) is 57.0 Å². The van der Waals surface area contributed by atoms with Crippen LogP contribution in [0.5, 0.6) is 0 Å². The summed E-state index contributed by atoms with van der Waals surface area (Å²) < 4.78 is 10.6. The van der Waals surface area contributed by atoms with Crippen molar-refractivity contribution in [2.24, 2.45) is 0 Å². The first kappa shape index (κ1) is 22.9. The first-order chi connectivity index (χ1) is 15.3. The first-order valence-electron chi connectivity index (χ1n) is 10.4. The number of rotatable bonds is 6. The summed E-state index contributed by atoms with van der Waals surface area (Å²) in [6, 6.07) is 11.0. The molecule has 1 aromatic heterocycles. The third-order valence-corrected chi connectivity index (χ3v) is 5.60. The Bertz CT molecular complexity index is 1160. The third-order valence-electron chi connectivity index (χ3n) is 5.60. The summed E-state index contributed by atoms with van der Waals surface area (Å²) in [6.07, 6.45) is 0.578. The number of H-pyrrole nitrogens is 1. The van der Waals surface area contributed by atoms with Gasteiger partial charge >= 0.3 is 11.9 Å². The van der Waals surface area contributed by atoms with E-state index in [9.17, 15) is 14.9 Å². The first-order valence-corrected chi connectivity index (χ1v) is 10.4. The molecule has 2 heterocycles. The zero-order chi connectivity index (χ0) is 23.4. The number of ether oxygens (including phenoxy) is 2. The van der Waals surface area contributed by atoms with Crippen LogP contribution in [0.4, 0.5) is 0 Å². The number of esters is 2. The molecule has 0 aliphatic carbocycles. The predicted molar refractivity (Wildman–Crippen MR) is 119 cm³/mol. The molecule has 1 aliphatic rings. The van der Waals surface area contributed by atoms with Gasteiger partial charge in [-0.3, -0.25) is 0 Å². The van der Waals surface area contributed by atoms with Gasteiger partial charge in [0, 0.05) is 29.2 Å². The van der Waals surface area contributed by atoms with Gasteiger partial charge in [0.2, 0.25) is 0 Å². The quantitative estimate of drug-likeness (QED) is 0.673. The molecule has 0 saturated carbocycles. The highest BCUT2D eigenvalue weighted by Gasteiger charge is 2.37. The van der Waals surface area contributed by atoms with E-state index in [0.29, 0.717) is 40.1 Å². The van der Waals surface area contributed by atoms with E-state index < -0.39 is 17.9 Å². The van der Waals surface area contributed by atoms with E-state index in [1.807, 2.05) is 19.9 Å². The number of nitrogens with one attached hydrogen (secondary N) is 2. The zero-order valence-electron chi connectivity index (χ0n) is 19.0. The Morgan fingerprint density at radius 2 is 1.75 bits per heavy atom. The summed E-state index contributed by atoms with van der Waals surface area (Å²) >= 11 is 0. The highest BCUT2D eigenvalue weighted by atomic mass is 16.5. The molecule has 7 heteroatoms. The van der Waals surface area contributed by atoms with Gasteiger partial charge in [-0.2, -0.15) is 5.26 Å². The average molecular weight is 434 g/mol. The SMILES string of the molecule is COC(=O)C1=C(C)NC(C)=C(C(=O)OCCc2cc(C)[nH]c2C)C1c1cccc(C#N)c1. The van der Waals surface area contributed by atoms with Crippen molar-refractivity contribution in [1.82, 2.24) is 10.3 Å². The number of allylic oxidation sites excluding steroid dienone is 2. The number of methoxy groups -OCH3 is 1. The molecule has 0 spiro atoms. The van der Waals surface area contributed by atoms with Gasteiger partial charge in [0.1, 0.15) is 0 Å². The molecule has 3 rings (SSSR count). The third kappa shape index (κ3) is 4.59. The number of aryl methyl sites for hydroxylation is 2. The molecule has 1 aliphatic heterocycles. The second-order valence-corrected chi connectivity index (χ2v) is 7.85. The summed E-state index contributed by atoms with van der Waals surface area (Å²) in [4.78, 5) is 29.1. The van der Waals surface area contributed by atoms with Gasteiger partial charge in [0.25, 0.3) is 0 Å². The van der Waals surface area contributed by atoms with E-state index in [0.717, 1.165) is 17.0 Å². The van der Waals surface area contributed by atoms with Crippen LogP contribution in [0.15, 0.2) is 52.9 Å². The number of dihydropyridines is 1. The monoisotopic (exact) mass is 433 g/mol. The van der Waals surface area contributed by atoms with Crippen molar-refractivity contribution in [2.75, 3.05) is 13.7 Å². The molecule has 2 aromatic rings. The Morgan fingerprint density at radius 1 is 1.06 bits per heavy atom. The van der Waals surface area contributed by atoms with E-state index >= 15 is 0 Å². The average Bonchev–Trinajstić information content (AvgIpc) is 3.09. The van der Waals surface area contributed by atoms with Crippen molar-refractivity contribution in [2.45, 2.75) is 40.0 Å². The molecular weight excluding hydrogens is 406 g/mol. The fourth-order valence-corrected chi connectivity index (χ4v) is 4.14. The van der Waals surface area contributed by atoms with Crippen LogP contribution in [0, 0.1) is 25.2 Å². The topological polar surface area (TPSA) is 104 Å². The molecule has 0 amide bonds. The fraction of sp³-hybridized carbons (Fsp3) is 0.320. The Morgan fingerprint density at radius 3 is 2.34 bits per heavy atom. The molecule has 7 nitrogen and oxygen atoms in total. The van der Waals surface area contributed by atoms with Gasteiger partial charge in [0.15, 0.2) is 0 Å². The minimum Gasteiger partial charge on any atom is -0.466 e. The summed E-state index contributed by atoms with van der Waals surface area (Å²) in [5.41, 5.74) is 6.11. The second-order valence-electron chi connectivity index (χ2n) is 7.85. The highest BCUT2D eigenvalue weighted by molar-refractivity contribution is 5.99. The lowest BCUT2D eigenvalue weighted by Gasteiger charge is -2.30. The van der Waals surface area contributed by atoms with Gasteiger partial charge in [-0.25, -0.2) is 9.59 Å². The van der Waals surface area contributed by atoms with Crippen LogP contribution in [0.25, 0.3) is 0 Å². The largest absolute Gasteiger partial charge is 0.466 e. The van der Waals surface area contributed by atoms with E-state index in [-0.39, 0.29) is 6.61 Å². The maximum atomic E-state index is 13.2. The maximum Gasteiger partial charge on any atom is 0.336 e. The number of aromatic amines is 1. The van der Waals surface area contributed by atoms with E-state index in [1.165, 1.54) is 7.11 Å². The molecule has 1 unspecified atom stereocenters. The van der Waals surface area contributed by atoms with Crippen molar-refractivity contribution in [3.8, 4) is 6.07 Å². The standard InChI is InChI=1S/C25H27N3O4/c1-14-11-19(15(2)27-14)9-10-32-25(30)22-17(4)28-16(3)21(24(29)31-5)23(22)20-8-6-7-18(12-20)13-26/h6-8,11-12,23,27-28H,9-10H2,1-5H3. The van der Waals surface area contributed by atoms with E-state index in [4.69, 9.17) is 9.47 Å². The highest BCUT2D eigenvalue weighted by Crippen LogP contribution is 2.39. The maximum absolute atomic E-state index is 13.2. The minimum absolute atomic E-state index is 0.203. The van der Waals surface area contributed by atoms with Gasteiger partial charge in [-0.15, -0.1) is 0 Å². The second kappa shape index (κ2) is 9.56. The Balaban J connectivity index is 1.94. The molecule has 2 N–H and O–H groups in total. The number of hydrogen-bond donors (Lipinski definition) is 2. The van der Waals surface area contributed by atoms with Gasteiger partial charge in [-0.1, -0.05) is 12.1 Å². The van der Waals surface area contributed by atoms with Crippen LogP contribution in [-0.4, -0.2) is 30.6 Å². The normalized spacial score (nSPS) is 15.8. The van der Waals surface area contributed by atoms with Gasteiger partial charge in [0.05, 0.1) is 42.4 Å². The number of hydrogen-bond acceptors (Lipinski definition) is 6. The fourth-order valence-electron chi connectivity index (χ4n) is 4.14. The molecule has 0 radical (unpaired) electrons. The lowest BCUT2D eigenvalue weighted by molar-refractivity contribution is -0.139. The van der Waals surface area contributed by atoms with Gasteiger partial charge < -0.3 is 19.8 Å². The number of nitriles is 1.